The summed E-state index contributed by atoms with van der Waals surface area (Å²) in [6.45, 7) is 3.22. The van der Waals surface area contributed by atoms with Crippen LogP contribution in [0.4, 0.5) is 0 Å². The number of furan rings is 1. The number of hydrogen-bond donors (Lipinski definition) is 1. The van der Waals surface area contributed by atoms with Gasteiger partial charge in [-0.05, 0) is 56.2 Å². The van der Waals surface area contributed by atoms with E-state index >= 15 is 0 Å². The molecule has 1 aliphatic heterocycles. The van der Waals surface area contributed by atoms with Gasteiger partial charge in [0, 0.05) is 40.7 Å². The molecule has 3 heterocycles. The quantitative estimate of drug-likeness (QED) is 0.575. The topological polar surface area (TPSA) is 75.4 Å². The molecule has 0 bridgehead atoms. The summed E-state index contributed by atoms with van der Waals surface area (Å²) >= 11 is 3.37. The first kappa shape index (κ1) is 20.7. The minimum atomic E-state index is -0.0920. The molecule has 0 spiro atoms. The second-order valence-corrected chi connectivity index (χ2v) is 9.30. The Morgan fingerprint density at radius 1 is 1.23 bits per heavy atom. The Balaban J connectivity index is 1.24. The molecule has 8 heteroatoms. The van der Waals surface area contributed by atoms with Gasteiger partial charge in [-0.15, -0.1) is 23.1 Å². The van der Waals surface area contributed by atoms with Crippen molar-refractivity contribution in [2.75, 3.05) is 13.1 Å². The normalized spacial score (nSPS) is 14.6. The summed E-state index contributed by atoms with van der Waals surface area (Å²) in [5.41, 5.74) is 1.74. The van der Waals surface area contributed by atoms with Crippen LogP contribution in [-0.2, 0) is 5.75 Å². The number of nitrogens with one attached hydrogen (secondary N) is 1. The lowest BCUT2D eigenvalue weighted by molar-refractivity contribution is 0.0667. The number of rotatable bonds is 6. The van der Waals surface area contributed by atoms with E-state index in [1.165, 1.54) is 6.26 Å². The average molecular weight is 442 g/mol. The van der Waals surface area contributed by atoms with Crippen LogP contribution in [0.15, 0.2) is 57.4 Å². The predicted molar refractivity (Wildman–Crippen MR) is 118 cm³/mol. The molecular formula is C22H23N3O3S2. The third-order valence-corrected chi connectivity index (χ3v) is 6.89. The Morgan fingerprint density at radius 2 is 2.00 bits per heavy atom. The first-order chi connectivity index (χ1) is 14.6. The Labute approximate surface area is 183 Å². The van der Waals surface area contributed by atoms with Crippen LogP contribution in [0.5, 0.6) is 0 Å². The van der Waals surface area contributed by atoms with Crippen molar-refractivity contribution >= 4 is 34.9 Å². The molecule has 1 aliphatic rings. The van der Waals surface area contributed by atoms with Crippen LogP contribution >= 0.6 is 23.1 Å². The monoisotopic (exact) mass is 441 g/mol. The number of benzene rings is 1. The number of carbonyl (C=O) groups excluding carboxylic acids is 2. The fourth-order valence-corrected chi connectivity index (χ4v) is 4.90. The molecular weight excluding hydrogens is 418 g/mol. The molecule has 0 atom stereocenters. The van der Waals surface area contributed by atoms with Gasteiger partial charge in [0.05, 0.1) is 17.0 Å². The highest BCUT2D eigenvalue weighted by molar-refractivity contribution is 7.98. The van der Waals surface area contributed by atoms with Gasteiger partial charge in [-0.25, -0.2) is 4.98 Å². The van der Waals surface area contributed by atoms with E-state index in [0.717, 1.165) is 34.2 Å². The third-order valence-electron chi connectivity index (χ3n) is 5.02. The lowest BCUT2D eigenvalue weighted by Crippen LogP contribution is -2.46. The van der Waals surface area contributed by atoms with Gasteiger partial charge in [-0.1, -0.05) is 0 Å². The largest absolute Gasteiger partial charge is 0.459 e. The van der Waals surface area contributed by atoms with Crippen LogP contribution in [0.2, 0.25) is 0 Å². The van der Waals surface area contributed by atoms with Crippen LogP contribution < -0.4 is 5.32 Å². The lowest BCUT2D eigenvalue weighted by Gasteiger charge is -2.31. The third kappa shape index (κ3) is 5.12. The van der Waals surface area contributed by atoms with E-state index in [9.17, 15) is 9.59 Å². The van der Waals surface area contributed by atoms with Crippen molar-refractivity contribution in [3.8, 4) is 0 Å². The van der Waals surface area contributed by atoms with Gasteiger partial charge in [0.2, 0.25) is 0 Å². The smallest absolute Gasteiger partial charge is 0.289 e. The van der Waals surface area contributed by atoms with E-state index in [0.29, 0.717) is 24.4 Å². The summed E-state index contributed by atoms with van der Waals surface area (Å²) in [7, 11) is 0. The van der Waals surface area contributed by atoms with Crippen molar-refractivity contribution in [3.63, 3.8) is 0 Å². The SMILES string of the molecule is Cc1nc(CSc2ccc(C(=O)NC3CCN(C(=O)c4ccco4)CC3)cc2)cs1. The minimum absolute atomic E-state index is 0.0695. The average Bonchev–Trinajstić information content (AvgIpc) is 3.44. The molecule has 1 N–H and O–H groups in total. The fraction of sp³-hybridized carbons (Fsp3) is 0.318. The molecule has 2 amide bonds. The van der Waals surface area contributed by atoms with E-state index in [1.807, 2.05) is 31.2 Å². The molecule has 2 aromatic heterocycles. The number of aromatic nitrogens is 1. The molecule has 0 unspecified atom stereocenters. The van der Waals surface area contributed by atoms with Gasteiger partial charge >= 0.3 is 0 Å². The van der Waals surface area contributed by atoms with Crippen molar-refractivity contribution in [1.29, 1.82) is 0 Å². The minimum Gasteiger partial charge on any atom is -0.459 e. The zero-order chi connectivity index (χ0) is 20.9. The van der Waals surface area contributed by atoms with E-state index < -0.39 is 0 Å². The van der Waals surface area contributed by atoms with E-state index in [1.54, 1.807) is 40.1 Å². The highest BCUT2D eigenvalue weighted by atomic mass is 32.2. The maximum absolute atomic E-state index is 12.6. The molecule has 4 rings (SSSR count). The fourth-order valence-electron chi connectivity index (χ4n) is 3.39. The Kier molecular flexibility index (Phi) is 6.54. The Hall–Kier alpha value is -2.58. The predicted octanol–water partition coefficient (Wildman–Crippen LogP) is 4.37. The summed E-state index contributed by atoms with van der Waals surface area (Å²) in [6, 6.07) is 11.1. The summed E-state index contributed by atoms with van der Waals surface area (Å²) in [6.07, 6.45) is 2.97. The number of amides is 2. The van der Waals surface area contributed by atoms with Crippen LogP contribution in [-0.4, -0.2) is 40.8 Å². The van der Waals surface area contributed by atoms with E-state index in [2.05, 4.69) is 15.7 Å². The molecule has 6 nitrogen and oxygen atoms in total. The molecule has 3 aromatic rings. The van der Waals surface area contributed by atoms with Crippen molar-refractivity contribution in [2.45, 2.75) is 36.5 Å². The number of thioether (sulfide) groups is 1. The second-order valence-electron chi connectivity index (χ2n) is 7.19. The number of nitrogens with zero attached hydrogens (tertiary/aromatic N) is 2. The number of thiazole rings is 1. The maximum atomic E-state index is 12.6. The molecule has 1 saturated heterocycles. The van der Waals surface area contributed by atoms with Crippen LogP contribution in [0.3, 0.4) is 0 Å². The van der Waals surface area contributed by atoms with Gasteiger partial charge in [-0.2, -0.15) is 0 Å². The van der Waals surface area contributed by atoms with E-state index in [4.69, 9.17) is 4.42 Å². The molecule has 1 aromatic carbocycles. The summed E-state index contributed by atoms with van der Waals surface area (Å²) in [5, 5.41) is 6.25. The van der Waals surface area contributed by atoms with Crippen molar-refractivity contribution in [3.05, 3.63) is 70.1 Å². The highest BCUT2D eigenvalue weighted by Crippen LogP contribution is 2.24. The molecule has 1 fully saturated rings. The zero-order valence-electron chi connectivity index (χ0n) is 16.7. The van der Waals surface area contributed by atoms with Crippen molar-refractivity contribution < 1.29 is 14.0 Å². The zero-order valence-corrected chi connectivity index (χ0v) is 18.3. The highest BCUT2D eigenvalue weighted by Gasteiger charge is 2.26. The summed E-state index contributed by atoms with van der Waals surface area (Å²) in [5.74, 6) is 1.02. The molecule has 156 valence electrons. The van der Waals surface area contributed by atoms with Crippen molar-refractivity contribution in [1.82, 2.24) is 15.2 Å². The number of aryl methyl sites for hydroxylation is 1. The number of hydrogen-bond acceptors (Lipinski definition) is 6. The first-order valence-electron chi connectivity index (χ1n) is 9.86. The van der Waals surface area contributed by atoms with Gasteiger partial charge in [-0.3, -0.25) is 9.59 Å². The number of likely N-dealkylation sites (tertiary alicyclic amines) is 1. The standard InChI is InChI=1S/C22H23N3O3S2/c1-15-23-18(13-29-15)14-30-19-6-4-16(5-7-19)21(26)24-17-8-10-25(11-9-17)22(27)20-3-2-12-28-20/h2-7,12-13,17H,8-11,14H2,1H3,(H,24,26). The maximum Gasteiger partial charge on any atom is 0.289 e. The Bertz CT molecular complexity index is 991. The molecule has 0 aliphatic carbocycles. The second kappa shape index (κ2) is 9.49. The molecule has 30 heavy (non-hydrogen) atoms. The van der Waals surface area contributed by atoms with Crippen molar-refractivity contribution in [2.24, 2.45) is 0 Å². The molecule has 0 saturated carbocycles. The summed E-state index contributed by atoms with van der Waals surface area (Å²) < 4.78 is 5.19. The van der Waals surface area contributed by atoms with Gasteiger partial charge in [0.15, 0.2) is 5.76 Å². The van der Waals surface area contributed by atoms with Gasteiger partial charge in [0.1, 0.15) is 0 Å². The van der Waals surface area contributed by atoms with Gasteiger partial charge in [0.25, 0.3) is 11.8 Å². The number of carbonyl (C=O) groups is 2. The number of piperidine rings is 1. The Morgan fingerprint density at radius 3 is 2.63 bits per heavy atom. The van der Waals surface area contributed by atoms with E-state index in [-0.39, 0.29) is 17.9 Å². The lowest BCUT2D eigenvalue weighted by atomic mass is 10.0. The van der Waals surface area contributed by atoms with Gasteiger partial charge < -0.3 is 14.6 Å². The first-order valence-corrected chi connectivity index (χ1v) is 11.7. The summed E-state index contributed by atoms with van der Waals surface area (Å²) in [4.78, 5) is 32.3. The van der Waals surface area contributed by atoms with Crippen LogP contribution in [0, 0.1) is 6.92 Å². The molecule has 0 radical (unpaired) electrons. The van der Waals surface area contributed by atoms with Crippen LogP contribution in [0.25, 0.3) is 0 Å². The van der Waals surface area contributed by atoms with Crippen LogP contribution in [0.1, 0.15) is 44.5 Å².